The normalized spacial score (nSPS) is 12.0. The van der Waals surface area contributed by atoms with Gasteiger partial charge in [-0.3, -0.25) is 10.1 Å². The zero-order chi connectivity index (χ0) is 20.4. The molecule has 2 heterocycles. The molecule has 0 fully saturated rings. The summed E-state index contributed by atoms with van der Waals surface area (Å²) in [6.07, 6.45) is 1.33. The minimum Gasteiger partial charge on any atom is -0.358 e. The molecule has 10 nitrogen and oxygen atoms in total. The highest BCUT2D eigenvalue weighted by molar-refractivity contribution is 6.31. The average Bonchev–Trinajstić information content (AvgIpc) is 3.24. The molecule has 0 radical (unpaired) electrons. The number of nitrogens with zero attached hydrogens (tertiary/aromatic N) is 6. The van der Waals surface area contributed by atoms with Crippen LogP contribution in [0.3, 0.4) is 0 Å². The molecule has 1 atom stereocenters. The Morgan fingerprint density at radius 2 is 2.18 bits per heavy atom. The Kier molecular flexibility index (Phi) is 5.36. The Balaban J connectivity index is 1.71. The lowest BCUT2D eigenvalue weighted by Gasteiger charge is -2.09. The van der Waals surface area contributed by atoms with Crippen molar-refractivity contribution in [2.75, 3.05) is 5.32 Å². The molecule has 0 aliphatic carbocycles. The summed E-state index contributed by atoms with van der Waals surface area (Å²) in [5, 5.41) is 21.5. The number of carbonyl (C=O) groups excluding carboxylic acids is 1. The third kappa shape index (κ3) is 3.98. The van der Waals surface area contributed by atoms with Crippen molar-refractivity contribution < 1.29 is 14.1 Å². The van der Waals surface area contributed by atoms with Crippen molar-refractivity contribution in [3.05, 3.63) is 62.8 Å². The molecule has 1 N–H and O–H groups in total. The van der Waals surface area contributed by atoms with Crippen molar-refractivity contribution in [1.82, 2.24) is 24.5 Å². The van der Waals surface area contributed by atoms with E-state index in [0.717, 1.165) is 0 Å². The number of anilines is 1. The number of aromatic nitrogens is 5. The summed E-state index contributed by atoms with van der Waals surface area (Å²) in [7, 11) is 0. The van der Waals surface area contributed by atoms with Gasteiger partial charge in [0.25, 0.3) is 5.91 Å². The fraction of sp³-hybridized carbons (Fsp3) is 0.250. The highest BCUT2D eigenvalue weighted by Crippen LogP contribution is 2.20. The van der Waals surface area contributed by atoms with Gasteiger partial charge in [-0.1, -0.05) is 17.7 Å². The van der Waals surface area contributed by atoms with E-state index in [-0.39, 0.29) is 28.9 Å². The lowest BCUT2D eigenvalue weighted by atomic mass is 10.2. The van der Waals surface area contributed by atoms with E-state index >= 15 is 0 Å². The Morgan fingerprint density at radius 3 is 2.82 bits per heavy atom. The lowest BCUT2D eigenvalue weighted by molar-refractivity contribution is -0.389. The van der Waals surface area contributed by atoms with Gasteiger partial charge in [0.1, 0.15) is 18.2 Å². The minimum atomic E-state index is -0.832. The van der Waals surface area contributed by atoms with E-state index in [0.29, 0.717) is 5.69 Å². The van der Waals surface area contributed by atoms with E-state index in [1.165, 1.54) is 40.8 Å². The number of hydrogen-bond donors (Lipinski definition) is 1. The van der Waals surface area contributed by atoms with Crippen molar-refractivity contribution in [3.8, 4) is 0 Å². The van der Waals surface area contributed by atoms with Gasteiger partial charge in [0.2, 0.25) is 5.95 Å². The number of rotatable bonds is 6. The van der Waals surface area contributed by atoms with E-state index in [2.05, 4.69) is 20.5 Å². The van der Waals surface area contributed by atoms with Crippen molar-refractivity contribution in [3.63, 3.8) is 0 Å². The van der Waals surface area contributed by atoms with Crippen LogP contribution in [0.15, 0.2) is 30.6 Å². The van der Waals surface area contributed by atoms with Crippen molar-refractivity contribution in [2.45, 2.75) is 26.4 Å². The largest absolute Gasteiger partial charge is 0.390 e. The molecular weight excluding hydrogens is 393 g/mol. The van der Waals surface area contributed by atoms with E-state index < -0.39 is 22.7 Å². The summed E-state index contributed by atoms with van der Waals surface area (Å²) in [4.78, 5) is 26.6. The second-order valence-electron chi connectivity index (χ2n) is 5.98. The third-order valence-electron chi connectivity index (χ3n) is 4.00. The molecule has 146 valence electrons. The van der Waals surface area contributed by atoms with E-state index in [9.17, 15) is 19.3 Å². The van der Waals surface area contributed by atoms with Crippen LogP contribution in [0.1, 0.15) is 24.2 Å². The molecular formula is C16H15ClFN7O3. The van der Waals surface area contributed by atoms with Gasteiger partial charge in [0, 0.05) is 10.6 Å². The fourth-order valence-electron chi connectivity index (χ4n) is 2.55. The summed E-state index contributed by atoms with van der Waals surface area (Å²) in [6.45, 7) is 3.18. The second kappa shape index (κ2) is 7.72. The molecule has 3 aromatic rings. The maximum atomic E-state index is 13.9. The summed E-state index contributed by atoms with van der Waals surface area (Å²) in [6, 6.07) is 4.79. The number of aryl methyl sites for hydroxylation is 1. The zero-order valence-electron chi connectivity index (χ0n) is 14.8. The molecule has 0 saturated heterocycles. The quantitative estimate of drug-likeness (QED) is 0.495. The predicted molar refractivity (Wildman–Crippen MR) is 97.5 cm³/mol. The van der Waals surface area contributed by atoms with Crippen molar-refractivity contribution in [2.24, 2.45) is 0 Å². The zero-order valence-corrected chi connectivity index (χ0v) is 15.6. The smallest absolute Gasteiger partial charge is 0.358 e. The first-order valence-corrected chi connectivity index (χ1v) is 8.48. The molecule has 0 saturated carbocycles. The summed E-state index contributed by atoms with van der Waals surface area (Å²) < 4.78 is 16.4. The molecule has 1 unspecified atom stereocenters. The van der Waals surface area contributed by atoms with Gasteiger partial charge < -0.3 is 10.1 Å². The molecule has 28 heavy (non-hydrogen) atoms. The summed E-state index contributed by atoms with van der Waals surface area (Å²) in [5.41, 5.74) is 0.710. The number of amides is 1. The summed E-state index contributed by atoms with van der Waals surface area (Å²) >= 11 is 5.99. The van der Waals surface area contributed by atoms with E-state index in [4.69, 9.17) is 11.6 Å². The van der Waals surface area contributed by atoms with Crippen LogP contribution in [0.5, 0.6) is 0 Å². The number of nitrogens with one attached hydrogen (secondary N) is 1. The predicted octanol–water partition coefficient (Wildman–Crippen LogP) is 2.73. The number of carbonyl (C=O) groups is 1. The van der Waals surface area contributed by atoms with Gasteiger partial charge in [-0.05, 0) is 30.9 Å². The Labute approximate surface area is 163 Å². The van der Waals surface area contributed by atoms with Crippen LogP contribution in [-0.4, -0.2) is 35.4 Å². The highest BCUT2D eigenvalue weighted by Gasteiger charge is 2.25. The Hall–Kier alpha value is -3.34. The molecule has 0 aliphatic heterocycles. The van der Waals surface area contributed by atoms with Crippen LogP contribution in [0.2, 0.25) is 5.02 Å². The third-order valence-corrected chi connectivity index (χ3v) is 4.35. The molecule has 0 spiro atoms. The molecule has 12 heteroatoms. The van der Waals surface area contributed by atoms with Crippen molar-refractivity contribution in [1.29, 1.82) is 0 Å². The lowest BCUT2D eigenvalue weighted by Crippen LogP contribution is -2.25. The SMILES string of the molecule is Cc1cc([N+](=O)[O-])nn1C(C)C(=O)Nc1ncn(Cc2c(F)cccc2Cl)n1. The topological polar surface area (TPSA) is 121 Å². The van der Waals surface area contributed by atoms with Gasteiger partial charge in [-0.25, -0.2) is 14.1 Å². The molecule has 2 aromatic heterocycles. The Bertz CT molecular complexity index is 1030. The molecule has 3 rings (SSSR count). The molecule has 0 aliphatic rings. The van der Waals surface area contributed by atoms with Crippen LogP contribution in [-0.2, 0) is 11.3 Å². The van der Waals surface area contributed by atoms with Crippen LogP contribution in [0.25, 0.3) is 0 Å². The van der Waals surface area contributed by atoms with Gasteiger partial charge in [0.15, 0.2) is 0 Å². The number of nitro groups is 1. The molecule has 0 bridgehead atoms. The monoisotopic (exact) mass is 407 g/mol. The first-order valence-electron chi connectivity index (χ1n) is 8.10. The minimum absolute atomic E-state index is 0.00335. The summed E-state index contributed by atoms with van der Waals surface area (Å²) in [5.74, 6) is -1.33. The van der Waals surface area contributed by atoms with Gasteiger partial charge in [-0.2, -0.15) is 4.68 Å². The standard InChI is InChI=1S/C16H15ClFN7O3/c1-9-6-14(25(27)28)21-24(9)10(2)15(26)20-16-19-8-23(22-16)7-11-12(17)4-3-5-13(11)18/h3-6,8,10H,7H2,1-2H3,(H,20,22,26). The van der Waals surface area contributed by atoms with Crippen LogP contribution in [0.4, 0.5) is 16.2 Å². The average molecular weight is 408 g/mol. The van der Waals surface area contributed by atoms with Crippen LogP contribution in [0, 0.1) is 22.9 Å². The second-order valence-corrected chi connectivity index (χ2v) is 6.38. The van der Waals surface area contributed by atoms with Gasteiger partial charge in [-0.15, -0.1) is 5.10 Å². The first-order chi connectivity index (χ1) is 13.3. The molecule has 1 aromatic carbocycles. The highest BCUT2D eigenvalue weighted by atomic mass is 35.5. The Morgan fingerprint density at radius 1 is 1.43 bits per heavy atom. The van der Waals surface area contributed by atoms with E-state index in [1.54, 1.807) is 13.0 Å². The van der Waals surface area contributed by atoms with Crippen molar-refractivity contribution >= 4 is 29.3 Å². The molecule has 1 amide bonds. The number of hydrogen-bond acceptors (Lipinski definition) is 6. The maximum Gasteiger partial charge on any atom is 0.390 e. The van der Waals surface area contributed by atoms with Gasteiger partial charge in [0.05, 0.1) is 23.4 Å². The van der Waals surface area contributed by atoms with Gasteiger partial charge >= 0.3 is 5.82 Å². The fourth-order valence-corrected chi connectivity index (χ4v) is 2.77. The first kappa shape index (κ1) is 19.4. The van der Waals surface area contributed by atoms with E-state index in [1.807, 2.05) is 0 Å². The maximum absolute atomic E-state index is 13.9. The number of benzene rings is 1. The van der Waals surface area contributed by atoms with Crippen LogP contribution < -0.4 is 5.32 Å². The number of halogens is 2. The van der Waals surface area contributed by atoms with Crippen LogP contribution >= 0.6 is 11.6 Å².